The molecule has 2 amide bonds. The van der Waals surface area contributed by atoms with Crippen LogP contribution >= 0.6 is 11.6 Å². The molecule has 3 aromatic carbocycles. The van der Waals surface area contributed by atoms with Gasteiger partial charge < -0.3 is 19.5 Å². The number of nitrogens with one attached hydrogen (secondary N) is 3. The number of rotatable bonds is 11. The van der Waals surface area contributed by atoms with Crippen molar-refractivity contribution in [3.63, 3.8) is 0 Å². The summed E-state index contributed by atoms with van der Waals surface area (Å²) in [5.74, 6) is -0.956. The molecule has 5 rings (SSSR count). The Morgan fingerprint density at radius 2 is 1.63 bits per heavy atom. The number of halogens is 1. The predicted molar refractivity (Wildman–Crippen MR) is 168 cm³/mol. The summed E-state index contributed by atoms with van der Waals surface area (Å²) >= 11 is 6.25. The molecule has 2 aromatic heterocycles. The highest BCUT2D eigenvalue weighted by molar-refractivity contribution is 7.90. The summed E-state index contributed by atoms with van der Waals surface area (Å²) in [6, 6.07) is 18.4. The van der Waals surface area contributed by atoms with Crippen LogP contribution in [0, 0.1) is 20.8 Å². The summed E-state index contributed by atoms with van der Waals surface area (Å²) < 4.78 is 39.3. The molecule has 0 aliphatic carbocycles. The molecule has 11 heteroatoms. The number of carbonyl (C=O) groups excluding carboxylic acids is 2. The Morgan fingerprint density at radius 3 is 2.35 bits per heavy atom. The molecule has 2 heterocycles. The number of hydrogen-bond acceptors (Lipinski definition) is 6. The van der Waals surface area contributed by atoms with Gasteiger partial charge in [-0.2, -0.15) is 0 Å². The molecule has 0 unspecified atom stereocenters. The van der Waals surface area contributed by atoms with E-state index in [4.69, 9.17) is 20.8 Å². The van der Waals surface area contributed by atoms with Crippen LogP contribution in [-0.2, 0) is 16.4 Å². The fraction of sp³-hybridized carbons (Fsp3) is 0.250. The molecule has 0 saturated carbocycles. The largest absolute Gasteiger partial charge is 0.494 e. The number of amides is 2. The first-order chi connectivity index (χ1) is 20.5. The number of sulfonamides is 1. The summed E-state index contributed by atoms with van der Waals surface area (Å²) in [5, 5.41) is 4.92. The highest BCUT2D eigenvalue weighted by atomic mass is 35.5. The fourth-order valence-electron chi connectivity index (χ4n) is 5.10. The van der Waals surface area contributed by atoms with Crippen LogP contribution in [-0.4, -0.2) is 44.1 Å². The molecule has 0 aliphatic rings. The van der Waals surface area contributed by atoms with Crippen molar-refractivity contribution in [2.24, 2.45) is 0 Å². The van der Waals surface area contributed by atoms with Gasteiger partial charge in [-0.3, -0.25) is 9.59 Å². The second-order valence-electron chi connectivity index (χ2n) is 10.4. The number of fused-ring (bicyclic) bond motifs is 2. The van der Waals surface area contributed by atoms with Gasteiger partial charge in [0, 0.05) is 33.4 Å². The van der Waals surface area contributed by atoms with Gasteiger partial charge in [0.15, 0.2) is 5.76 Å². The number of aryl methyl sites for hydroxylation is 4. The molecule has 0 fully saturated rings. The van der Waals surface area contributed by atoms with Crippen molar-refractivity contribution in [1.82, 2.24) is 15.0 Å². The molecule has 224 valence electrons. The molecule has 9 nitrogen and oxygen atoms in total. The third-order valence-corrected chi connectivity index (χ3v) is 9.08. The second kappa shape index (κ2) is 12.5. The number of para-hydroxylation sites is 2. The smallest absolute Gasteiger partial charge is 0.287 e. The van der Waals surface area contributed by atoms with Crippen molar-refractivity contribution in [3.05, 3.63) is 99.4 Å². The van der Waals surface area contributed by atoms with Crippen LogP contribution in [0.15, 0.2) is 65.1 Å². The summed E-state index contributed by atoms with van der Waals surface area (Å²) in [4.78, 5) is 28.9. The molecule has 5 aromatic rings. The van der Waals surface area contributed by atoms with Gasteiger partial charge in [0.1, 0.15) is 17.0 Å². The van der Waals surface area contributed by atoms with E-state index in [1.807, 2.05) is 62.4 Å². The van der Waals surface area contributed by atoms with Crippen LogP contribution in [0.1, 0.15) is 49.7 Å². The molecule has 0 radical (unpaired) electrons. The van der Waals surface area contributed by atoms with Gasteiger partial charge in [-0.15, -0.1) is 0 Å². The molecule has 3 N–H and O–H groups in total. The number of hydrogen-bond donors (Lipinski definition) is 3. The predicted octanol–water partition coefficient (Wildman–Crippen LogP) is 5.99. The minimum absolute atomic E-state index is 0.121. The van der Waals surface area contributed by atoms with E-state index in [0.29, 0.717) is 46.9 Å². The van der Waals surface area contributed by atoms with Crippen LogP contribution < -0.4 is 14.8 Å². The van der Waals surface area contributed by atoms with Crippen LogP contribution in [0.25, 0.3) is 21.9 Å². The van der Waals surface area contributed by atoms with E-state index >= 15 is 0 Å². The molecule has 0 bridgehead atoms. The lowest BCUT2D eigenvalue weighted by molar-refractivity contribution is 0.0929. The van der Waals surface area contributed by atoms with Gasteiger partial charge in [-0.25, -0.2) is 13.1 Å². The maximum atomic E-state index is 13.2. The number of carbonyl (C=O) groups is 2. The second-order valence-corrected chi connectivity index (χ2v) is 12.6. The molecule has 43 heavy (non-hydrogen) atoms. The minimum Gasteiger partial charge on any atom is -0.494 e. The highest BCUT2D eigenvalue weighted by Crippen LogP contribution is 2.28. The number of aromatic nitrogens is 1. The Balaban J connectivity index is 1.21. The van der Waals surface area contributed by atoms with E-state index in [1.165, 1.54) is 0 Å². The Bertz CT molecular complexity index is 1920. The quantitative estimate of drug-likeness (QED) is 0.155. The van der Waals surface area contributed by atoms with Crippen molar-refractivity contribution in [2.45, 2.75) is 33.6 Å². The number of aromatic amines is 1. The van der Waals surface area contributed by atoms with Gasteiger partial charge >= 0.3 is 0 Å². The average molecular weight is 622 g/mol. The molecule has 0 atom stereocenters. The van der Waals surface area contributed by atoms with Crippen LogP contribution in [0.4, 0.5) is 0 Å². The maximum Gasteiger partial charge on any atom is 0.287 e. The van der Waals surface area contributed by atoms with Crippen LogP contribution in [0.3, 0.4) is 0 Å². The van der Waals surface area contributed by atoms with Gasteiger partial charge in [-0.05, 0) is 74.6 Å². The van der Waals surface area contributed by atoms with Crippen molar-refractivity contribution in [3.8, 4) is 5.75 Å². The number of H-pyrrole nitrogens is 1. The summed E-state index contributed by atoms with van der Waals surface area (Å²) in [6.45, 7) is 5.79. The minimum atomic E-state index is -4.07. The molecular formula is C32H32ClN3O6S. The van der Waals surface area contributed by atoms with Crippen LogP contribution in [0.2, 0.25) is 5.02 Å². The average Bonchev–Trinajstić information content (AvgIpc) is 3.51. The SMILES string of the molecule is Cc1cc(OCCCc2c(C(=O)NS(=O)(=O)CCNC(=O)c3oc4ccccc4c3C)[nH]c3ccccc23)cc(C)c1Cl. The van der Waals surface area contributed by atoms with Crippen molar-refractivity contribution >= 4 is 55.3 Å². The standard InChI is InChI=1S/C32H32ClN3O6S/c1-19-17-22(18-20(2)28(19)33)41-15-8-11-25-24-10-4-6-12-26(24)35-29(25)31(37)36-43(39,40)16-14-34-32(38)30-21(3)23-9-5-7-13-27(23)42-30/h4-7,9-10,12-13,17-18,35H,8,11,14-16H2,1-3H3,(H,34,38)(H,36,37). The molecular weight excluding hydrogens is 590 g/mol. The van der Waals surface area contributed by atoms with E-state index in [9.17, 15) is 18.0 Å². The number of furan rings is 1. The monoisotopic (exact) mass is 621 g/mol. The molecule has 0 spiro atoms. The first-order valence-corrected chi connectivity index (χ1v) is 15.9. The Kier molecular flexibility index (Phi) is 8.79. The Hall–Kier alpha value is -4.28. The van der Waals surface area contributed by atoms with Crippen molar-refractivity contribution in [1.29, 1.82) is 0 Å². The molecule has 0 aliphatic heterocycles. The van der Waals surface area contributed by atoms with E-state index < -0.39 is 27.6 Å². The summed E-state index contributed by atoms with van der Waals surface area (Å²) in [5.41, 5.74) is 4.68. The van der Waals surface area contributed by atoms with Crippen molar-refractivity contribution in [2.75, 3.05) is 18.9 Å². The van der Waals surface area contributed by atoms with E-state index in [1.54, 1.807) is 19.1 Å². The summed E-state index contributed by atoms with van der Waals surface area (Å²) in [7, 11) is -4.07. The summed E-state index contributed by atoms with van der Waals surface area (Å²) in [6.07, 6.45) is 1.06. The molecule has 0 saturated heterocycles. The Morgan fingerprint density at radius 1 is 0.953 bits per heavy atom. The first kappa shape index (κ1) is 30.2. The first-order valence-electron chi connectivity index (χ1n) is 13.8. The zero-order valence-electron chi connectivity index (χ0n) is 24.0. The fourth-order valence-corrected chi connectivity index (χ4v) is 6.06. The Labute approximate surface area is 254 Å². The third-order valence-electron chi connectivity index (χ3n) is 7.24. The topological polar surface area (TPSA) is 130 Å². The normalized spacial score (nSPS) is 11.6. The maximum absolute atomic E-state index is 13.2. The van der Waals surface area contributed by atoms with Gasteiger partial charge in [0.2, 0.25) is 10.0 Å². The van der Waals surface area contributed by atoms with Gasteiger partial charge in [0.25, 0.3) is 11.8 Å². The lowest BCUT2D eigenvalue weighted by Gasteiger charge is -2.11. The number of ether oxygens (including phenoxy) is 1. The zero-order chi connectivity index (χ0) is 30.7. The van der Waals surface area contributed by atoms with E-state index in [0.717, 1.165) is 27.4 Å². The van der Waals surface area contributed by atoms with Gasteiger partial charge in [0.05, 0.1) is 12.4 Å². The lowest BCUT2D eigenvalue weighted by Crippen LogP contribution is -2.37. The lowest BCUT2D eigenvalue weighted by atomic mass is 10.1. The highest BCUT2D eigenvalue weighted by Gasteiger charge is 2.23. The van der Waals surface area contributed by atoms with Crippen molar-refractivity contribution < 1.29 is 27.2 Å². The van der Waals surface area contributed by atoms with Crippen LogP contribution in [0.5, 0.6) is 5.75 Å². The van der Waals surface area contributed by atoms with Gasteiger partial charge in [-0.1, -0.05) is 48.0 Å². The third kappa shape index (κ3) is 6.71. The zero-order valence-corrected chi connectivity index (χ0v) is 25.6. The van der Waals surface area contributed by atoms with E-state index in [2.05, 4.69) is 15.0 Å². The number of benzene rings is 3. The van der Waals surface area contributed by atoms with E-state index in [-0.39, 0.29) is 18.0 Å².